The van der Waals surface area contributed by atoms with Crippen LogP contribution in [0.2, 0.25) is 10.0 Å². The number of anilines is 1. The van der Waals surface area contributed by atoms with E-state index in [9.17, 15) is 18.0 Å². The van der Waals surface area contributed by atoms with E-state index in [4.69, 9.17) is 23.2 Å². The van der Waals surface area contributed by atoms with Crippen molar-refractivity contribution < 1.29 is 18.0 Å². The summed E-state index contributed by atoms with van der Waals surface area (Å²) in [4.78, 5) is 29.5. The van der Waals surface area contributed by atoms with Crippen molar-refractivity contribution in [2.24, 2.45) is 0 Å². The van der Waals surface area contributed by atoms with Gasteiger partial charge in [0.2, 0.25) is 11.8 Å². The molecule has 3 aromatic rings. The van der Waals surface area contributed by atoms with Gasteiger partial charge in [-0.15, -0.1) is 0 Å². The summed E-state index contributed by atoms with van der Waals surface area (Å²) < 4.78 is 29.1. The summed E-state index contributed by atoms with van der Waals surface area (Å²) in [5, 5.41) is 3.96. The highest BCUT2D eigenvalue weighted by Crippen LogP contribution is 2.27. The summed E-state index contributed by atoms with van der Waals surface area (Å²) in [7, 11) is -4.12. The molecular weight excluding hydrogens is 605 g/mol. The van der Waals surface area contributed by atoms with Crippen LogP contribution >= 0.6 is 23.2 Å². The van der Waals surface area contributed by atoms with Gasteiger partial charge in [-0.3, -0.25) is 13.9 Å². The van der Waals surface area contributed by atoms with E-state index in [2.05, 4.69) is 5.32 Å². The van der Waals surface area contributed by atoms with Crippen LogP contribution in [0.5, 0.6) is 0 Å². The van der Waals surface area contributed by atoms with Gasteiger partial charge in [0.15, 0.2) is 0 Å². The van der Waals surface area contributed by atoms with E-state index >= 15 is 0 Å². The zero-order valence-electron chi connectivity index (χ0n) is 24.6. The molecule has 1 N–H and O–H groups in total. The van der Waals surface area contributed by atoms with Crippen molar-refractivity contribution >= 4 is 50.7 Å². The van der Waals surface area contributed by atoms with Crippen LogP contribution in [0.15, 0.2) is 77.7 Å². The highest BCUT2D eigenvalue weighted by atomic mass is 35.5. The molecule has 3 aromatic carbocycles. The third kappa shape index (κ3) is 8.31. The predicted molar refractivity (Wildman–Crippen MR) is 173 cm³/mol. The zero-order valence-corrected chi connectivity index (χ0v) is 27.0. The van der Waals surface area contributed by atoms with Crippen LogP contribution in [0.1, 0.15) is 63.5 Å². The molecule has 1 saturated carbocycles. The molecule has 0 radical (unpaired) electrons. The average molecular weight is 645 g/mol. The van der Waals surface area contributed by atoms with E-state index in [1.54, 1.807) is 48.5 Å². The molecule has 0 bridgehead atoms. The second kappa shape index (κ2) is 15.1. The van der Waals surface area contributed by atoms with E-state index in [0.717, 1.165) is 48.4 Å². The normalized spacial score (nSPS) is 14.6. The van der Waals surface area contributed by atoms with Gasteiger partial charge in [0.05, 0.1) is 10.6 Å². The maximum atomic E-state index is 14.3. The quantitative estimate of drug-likeness (QED) is 0.230. The minimum absolute atomic E-state index is 0.0133. The first kappa shape index (κ1) is 32.8. The molecule has 1 atom stereocenters. The highest BCUT2D eigenvalue weighted by Gasteiger charge is 2.34. The number of sulfonamides is 1. The van der Waals surface area contributed by atoms with Gasteiger partial charge >= 0.3 is 0 Å². The lowest BCUT2D eigenvalue weighted by atomic mass is 9.95. The van der Waals surface area contributed by atoms with Crippen LogP contribution in [0.3, 0.4) is 0 Å². The Hall–Kier alpha value is -3.07. The van der Waals surface area contributed by atoms with Crippen LogP contribution < -0.4 is 9.62 Å². The number of carbonyl (C=O) groups is 2. The van der Waals surface area contributed by atoms with Gasteiger partial charge in [-0.1, -0.05) is 92.7 Å². The van der Waals surface area contributed by atoms with Crippen molar-refractivity contribution in [3.05, 3.63) is 94.0 Å². The van der Waals surface area contributed by atoms with Gasteiger partial charge in [-0.05, 0) is 73.2 Å². The van der Waals surface area contributed by atoms with Crippen molar-refractivity contribution in [1.29, 1.82) is 0 Å². The fourth-order valence-corrected chi connectivity index (χ4v) is 7.35. The maximum absolute atomic E-state index is 14.3. The van der Waals surface area contributed by atoms with Gasteiger partial charge in [0.25, 0.3) is 10.0 Å². The smallest absolute Gasteiger partial charge is 0.264 e. The maximum Gasteiger partial charge on any atom is 0.264 e. The van der Waals surface area contributed by atoms with E-state index in [0.29, 0.717) is 27.7 Å². The highest BCUT2D eigenvalue weighted by molar-refractivity contribution is 7.92. The third-order valence-corrected chi connectivity index (χ3v) is 10.3. The van der Waals surface area contributed by atoms with Crippen molar-refractivity contribution in [2.75, 3.05) is 10.8 Å². The first-order chi connectivity index (χ1) is 20.6. The van der Waals surface area contributed by atoms with Crippen molar-refractivity contribution in [3.63, 3.8) is 0 Å². The molecule has 7 nitrogen and oxygen atoms in total. The van der Waals surface area contributed by atoms with Gasteiger partial charge in [-0.25, -0.2) is 8.42 Å². The molecular formula is C33H39Cl2N3O4S. The van der Waals surface area contributed by atoms with Gasteiger partial charge in [-0.2, -0.15) is 0 Å². The SMILES string of the molecule is CCc1ccc(N(CC(=O)N(Cc2ccc(Cl)cc2Cl)C(CC)C(=O)NC2CCCCC2)S(=O)(=O)c2ccccc2)cc1. The second-order valence-electron chi connectivity index (χ2n) is 10.9. The summed E-state index contributed by atoms with van der Waals surface area (Å²) >= 11 is 12.6. The Morgan fingerprint density at radius 2 is 1.60 bits per heavy atom. The fraction of sp³-hybridized carbons (Fsp3) is 0.394. The first-order valence-corrected chi connectivity index (χ1v) is 17.0. The van der Waals surface area contributed by atoms with E-state index in [-0.39, 0.29) is 23.4 Å². The summed E-state index contributed by atoms with van der Waals surface area (Å²) in [6.45, 7) is 3.37. The lowest BCUT2D eigenvalue weighted by Crippen LogP contribution is -2.54. The second-order valence-corrected chi connectivity index (χ2v) is 13.6. The summed E-state index contributed by atoms with van der Waals surface area (Å²) in [6, 6.07) is 19.4. The largest absolute Gasteiger partial charge is 0.352 e. The fourth-order valence-electron chi connectivity index (χ4n) is 5.44. The van der Waals surface area contributed by atoms with E-state index < -0.39 is 28.5 Å². The zero-order chi connectivity index (χ0) is 31.0. The van der Waals surface area contributed by atoms with Crippen molar-refractivity contribution in [1.82, 2.24) is 10.2 Å². The number of benzene rings is 3. The average Bonchev–Trinajstić information content (AvgIpc) is 3.01. The molecule has 1 aliphatic rings. The Labute approximate surface area is 265 Å². The Morgan fingerprint density at radius 3 is 2.21 bits per heavy atom. The van der Waals surface area contributed by atoms with Gasteiger partial charge in [0, 0.05) is 22.6 Å². The van der Waals surface area contributed by atoms with Crippen LogP contribution in [0.4, 0.5) is 5.69 Å². The molecule has 0 saturated heterocycles. The molecule has 0 aromatic heterocycles. The number of amides is 2. The number of aryl methyl sites for hydroxylation is 1. The Balaban J connectivity index is 1.72. The van der Waals surface area contributed by atoms with Crippen LogP contribution in [0, 0.1) is 0 Å². The number of nitrogens with zero attached hydrogens (tertiary/aromatic N) is 2. The number of hydrogen-bond donors (Lipinski definition) is 1. The van der Waals surface area contributed by atoms with Crippen LogP contribution in [0.25, 0.3) is 0 Å². The van der Waals surface area contributed by atoms with Crippen molar-refractivity contribution in [3.8, 4) is 0 Å². The number of hydrogen-bond acceptors (Lipinski definition) is 4. The molecule has 10 heteroatoms. The molecule has 230 valence electrons. The van der Waals surface area contributed by atoms with Gasteiger partial charge < -0.3 is 10.2 Å². The molecule has 43 heavy (non-hydrogen) atoms. The van der Waals surface area contributed by atoms with Crippen LogP contribution in [-0.4, -0.2) is 43.8 Å². The number of halogens is 2. The Kier molecular flexibility index (Phi) is 11.5. The Bertz CT molecular complexity index is 1490. The molecule has 1 unspecified atom stereocenters. The minimum atomic E-state index is -4.12. The number of carbonyl (C=O) groups excluding carboxylic acids is 2. The molecule has 0 heterocycles. The van der Waals surface area contributed by atoms with Crippen LogP contribution in [-0.2, 0) is 32.6 Å². The topological polar surface area (TPSA) is 86.8 Å². The number of rotatable bonds is 12. The van der Waals surface area contributed by atoms with E-state index in [1.807, 2.05) is 26.0 Å². The van der Waals surface area contributed by atoms with Gasteiger partial charge in [0.1, 0.15) is 12.6 Å². The van der Waals surface area contributed by atoms with Crippen molar-refractivity contribution in [2.45, 2.75) is 82.3 Å². The Morgan fingerprint density at radius 1 is 0.930 bits per heavy atom. The summed E-state index contributed by atoms with van der Waals surface area (Å²) in [5.74, 6) is -0.770. The number of nitrogens with one attached hydrogen (secondary N) is 1. The standard InChI is InChI=1S/C33H39Cl2N3O4S/c1-3-24-15-19-28(20-16-24)38(43(41,42)29-13-9-6-10-14-29)23-32(39)37(22-25-17-18-26(34)21-30(25)35)31(4-2)33(40)36-27-11-7-5-8-12-27/h6,9-10,13-21,27,31H,3-5,7-8,11-12,22-23H2,1-2H3,(H,36,40). The first-order valence-electron chi connectivity index (χ1n) is 14.8. The molecule has 0 spiro atoms. The monoisotopic (exact) mass is 643 g/mol. The molecule has 1 fully saturated rings. The molecule has 1 aliphatic carbocycles. The van der Waals surface area contributed by atoms with E-state index in [1.165, 1.54) is 17.0 Å². The molecule has 2 amide bonds. The summed E-state index contributed by atoms with van der Waals surface area (Å²) in [5.41, 5.74) is 2.00. The third-order valence-electron chi connectivity index (χ3n) is 7.94. The summed E-state index contributed by atoms with van der Waals surface area (Å²) in [6.07, 6.45) is 6.17. The minimum Gasteiger partial charge on any atom is -0.352 e. The molecule has 0 aliphatic heterocycles. The lowest BCUT2D eigenvalue weighted by molar-refractivity contribution is -0.140. The predicted octanol–water partition coefficient (Wildman–Crippen LogP) is 7.01. The lowest BCUT2D eigenvalue weighted by Gasteiger charge is -2.34. The molecule has 4 rings (SSSR count).